The Hall–Kier alpha value is -3.79. The van der Waals surface area contributed by atoms with Crippen LogP contribution in [0.2, 0.25) is 0 Å². The summed E-state index contributed by atoms with van der Waals surface area (Å²) >= 11 is 0. The molecule has 4 aromatic rings. The minimum atomic E-state index is -0.325. The third kappa shape index (κ3) is 2.90. The molecule has 4 aromatic carbocycles. The van der Waals surface area contributed by atoms with Crippen molar-refractivity contribution in [3.63, 3.8) is 0 Å². The van der Waals surface area contributed by atoms with Crippen LogP contribution in [0.4, 0.5) is 11.4 Å². The second-order valence-electron chi connectivity index (χ2n) is 7.04. The average molecular weight is 380 g/mol. The number of para-hydroxylation sites is 1. The van der Waals surface area contributed by atoms with E-state index in [1.807, 2.05) is 77.7 Å². The third-order valence-electron chi connectivity index (χ3n) is 5.38. The zero-order valence-electron chi connectivity index (χ0n) is 16.0. The van der Waals surface area contributed by atoms with Gasteiger partial charge in [0, 0.05) is 11.1 Å². The van der Waals surface area contributed by atoms with Gasteiger partial charge in [-0.3, -0.25) is 9.69 Å². The standard InChI is InChI=1S/C25H20N2O2/c1-29-19-15-13-18(14-16-19)24-26-22-11-5-4-10-21(22)25(28)27(24)23-12-6-8-17-7-2-3-9-20(17)23/h2-16,24,26H,1H3. The highest BCUT2D eigenvalue weighted by molar-refractivity contribution is 6.15. The van der Waals surface area contributed by atoms with Crippen molar-refractivity contribution in [3.8, 4) is 5.75 Å². The van der Waals surface area contributed by atoms with Gasteiger partial charge in [-0.15, -0.1) is 0 Å². The molecule has 0 saturated carbocycles. The summed E-state index contributed by atoms with van der Waals surface area (Å²) in [4.78, 5) is 15.5. The Morgan fingerprint density at radius 1 is 0.828 bits per heavy atom. The summed E-state index contributed by atoms with van der Waals surface area (Å²) in [6.07, 6.45) is -0.325. The third-order valence-corrected chi connectivity index (χ3v) is 5.38. The highest BCUT2D eigenvalue weighted by atomic mass is 16.5. The molecule has 1 N–H and O–H groups in total. The molecule has 0 fully saturated rings. The summed E-state index contributed by atoms with van der Waals surface area (Å²) in [5.41, 5.74) is 3.39. The lowest BCUT2D eigenvalue weighted by Gasteiger charge is -2.38. The van der Waals surface area contributed by atoms with E-state index in [0.29, 0.717) is 5.56 Å². The van der Waals surface area contributed by atoms with Crippen LogP contribution in [0.3, 0.4) is 0 Å². The van der Waals surface area contributed by atoms with Crippen molar-refractivity contribution in [2.24, 2.45) is 0 Å². The molecule has 1 atom stereocenters. The first-order valence-corrected chi connectivity index (χ1v) is 9.57. The summed E-state index contributed by atoms with van der Waals surface area (Å²) in [7, 11) is 1.65. The molecular weight excluding hydrogens is 360 g/mol. The molecule has 1 amide bonds. The van der Waals surface area contributed by atoms with Crippen LogP contribution >= 0.6 is 0 Å². The topological polar surface area (TPSA) is 41.6 Å². The number of nitrogens with one attached hydrogen (secondary N) is 1. The summed E-state index contributed by atoms with van der Waals surface area (Å²) in [6.45, 7) is 0. The minimum Gasteiger partial charge on any atom is -0.497 e. The number of methoxy groups -OCH3 is 1. The molecular formula is C25H20N2O2. The van der Waals surface area contributed by atoms with Gasteiger partial charge < -0.3 is 10.1 Å². The van der Waals surface area contributed by atoms with Gasteiger partial charge in [0.2, 0.25) is 0 Å². The fourth-order valence-electron chi connectivity index (χ4n) is 3.94. The van der Waals surface area contributed by atoms with E-state index in [0.717, 1.165) is 33.5 Å². The average Bonchev–Trinajstić information content (AvgIpc) is 2.79. The van der Waals surface area contributed by atoms with Gasteiger partial charge in [-0.2, -0.15) is 0 Å². The molecule has 0 bridgehead atoms. The van der Waals surface area contributed by atoms with E-state index in [1.54, 1.807) is 7.11 Å². The fraction of sp³-hybridized carbons (Fsp3) is 0.0800. The van der Waals surface area contributed by atoms with Crippen LogP contribution < -0.4 is 15.0 Å². The highest BCUT2D eigenvalue weighted by Crippen LogP contribution is 2.39. The predicted molar refractivity (Wildman–Crippen MR) is 117 cm³/mol. The number of carbonyl (C=O) groups excluding carboxylic acids is 1. The van der Waals surface area contributed by atoms with Gasteiger partial charge in [0.1, 0.15) is 11.9 Å². The summed E-state index contributed by atoms with van der Waals surface area (Å²) in [5.74, 6) is 0.768. The Morgan fingerprint density at radius 3 is 2.38 bits per heavy atom. The van der Waals surface area contributed by atoms with Crippen molar-refractivity contribution < 1.29 is 9.53 Å². The van der Waals surface area contributed by atoms with Gasteiger partial charge in [-0.25, -0.2) is 0 Å². The molecule has 5 rings (SSSR count). The van der Waals surface area contributed by atoms with Crippen LogP contribution in [0.25, 0.3) is 10.8 Å². The van der Waals surface area contributed by atoms with Crippen LogP contribution in [-0.4, -0.2) is 13.0 Å². The number of fused-ring (bicyclic) bond motifs is 2. The Balaban J connectivity index is 1.71. The molecule has 1 unspecified atom stereocenters. The molecule has 1 heterocycles. The largest absolute Gasteiger partial charge is 0.497 e. The number of carbonyl (C=O) groups is 1. The van der Waals surface area contributed by atoms with E-state index in [-0.39, 0.29) is 12.1 Å². The number of anilines is 2. The number of hydrogen-bond acceptors (Lipinski definition) is 3. The van der Waals surface area contributed by atoms with Gasteiger partial charge in [-0.05, 0) is 41.3 Å². The molecule has 0 radical (unpaired) electrons. The van der Waals surface area contributed by atoms with Crippen molar-refractivity contribution in [3.05, 3.63) is 102 Å². The minimum absolute atomic E-state index is 0.0171. The SMILES string of the molecule is COc1ccc(C2Nc3ccccc3C(=O)N2c2cccc3ccccc23)cc1. The monoisotopic (exact) mass is 380 g/mol. The molecule has 4 nitrogen and oxygen atoms in total. The molecule has 4 heteroatoms. The Labute approximate surface area is 169 Å². The summed E-state index contributed by atoms with van der Waals surface area (Å²) < 4.78 is 5.30. The van der Waals surface area contributed by atoms with Crippen molar-refractivity contribution >= 4 is 28.1 Å². The Kier molecular flexibility index (Phi) is 4.17. The van der Waals surface area contributed by atoms with Crippen molar-refractivity contribution in [1.29, 1.82) is 0 Å². The number of amides is 1. The van der Waals surface area contributed by atoms with Gasteiger partial charge >= 0.3 is 0 Å². The lowest BCUT2D eigenvalue weighted by Crippen LogP contribution is -2.43. The number of rotatable bonds is 3. The Bertz CT molecular complexity index is 1200. The first-order valence-electron chi connectivity index (χ1n) is 9.57. The summed E-state index contributed by atoms with van der Waals surface area (Å²) in [5, 5.41) is 5.71. The highest BCUT2D eigenvalue weighted by Gasteiger charge is 2.34. The zero-order valence-corrected chi connectivity index (χ0v) is 16.0. The van der Waals surface area contributed by atoms with Crippen LogP contribution in [0.1, 0.15) is 22.1 Å². The number of nitrogens with zero attached hydrogens (tertiary/aromatic N) is 1. The van der Waals surface area contributed by atoms with E-state index in [4.69, 9.17) is 4.74 Å². The van der Waals surface area contributed by atoms with E-state index in [1.165, 1.54) is 0 Å². The van der Waals surface area contributed by atoms with E-state index in [9.17, 15) is 4.79 Å². The quantitative estimate of drug-likeness (QED) is 0.502. The van der Waals surface area contributed by atoms with Crippen molar-refractivity contribution in [1.82, 2.24) is 0 Å². The molecule has 29 heavy (non-hydrogen) atoms. The molecule has 142 valence electrons. The first kappa shape index (κ1) is 17.3. The normalized spacial score (nSPS) is 15.7. The lowest BCUT2D eigenvalue weighted by atomic mass is 10.0. The van der Waals surface area contributed by atoms with E-state index in [2.05, 4.69) is 23.5 Å². The maximum atomic E-state index is 13.6. The van der Waals surface area contributed by atoms with Gasteiger partial charge in [0.15, 0.2) is 0 Å². The van der Waals surface area contributed by atoms with Crippen LogP contribution in [0.5, 0.6) is 5.75 Å². The molecule has 1 aliphatic heterocycles. The second kappa shape index (κ2) is 6.99. The maximum absolute atomic E-state index is 13.6. The van der Waals surface area contributed by atoms with Crippen molar-refractivity contribution in [2.75, 3.05) is 17.3 Å². The molecule has 0 aromatic heterocycles. The number of ether oxygens (including phenoxy) is 1. The van der Waals surface area contributed by atoms with Crippen molar-refractivity contribution in [2.45, 2.75) is 6.17 Å². The van der Waals surface area contributed by atoms with E-state index >= 15 is 0 Å². The van der Waals surface area contributed by atoms with Gasteiger partial charge in [0.05, 0.1) is 18.4 Å². The molecule has 0 spiro atoms. The van der Waals surface area contributed by atoms with Crippen LogP contribution in [0, 0.1) is 0 Å². The van der Waals surface area contributed by atoms with Crippen LogP contribution in [0.15, 0.2) is 91.0 Å². The smallest absolute Gasteiger partial charge is 0.262 e. The predicted octanol–water partition coefficient (Wildman–Crippen LogP) is 5.62. The summed E-state index contributed by atoms with van der Waals surface area (Å²) in [6, 6.07) is 29.7. The van der Waals surface area contributed by atoms with Gasteiger partial charge in [0.25, 0.3) is 5.91 Å². The van der Waals surface area contributed by atoms with E-state index < -0.39 is 0 Å². The number of hydrogen-bond donors (Lipinski definition) is 1. The van der Waals surface area contributed by atoms with Crippen LogP contribution in [-0.2, 0) is 0 Å². The lowest BCUT2D eigenvalue weighted by molar-refractivity contribution is 0.0975. The molecule has 1 aliphatic rings. The van der Waals surface area contributed by atoms with Gasteiger partial charge in [-0.1, -0.05) is 60.7 Å². The molecule has 0 aliphatic carbocycles. The molecule has 0 saturated heterocycles. The number of benzene rings is 4. The second-order valence-corrected chi connectivity index (χ2v) is 7.04. The fourth-order valence-corrected chi connectivity index (χ4v) is 3.94. The maximum Gasteiger partial charge on any atom is 0.262 e. The Morgan fingerprint density at radius 2 is 1.55 bits per heavy atom. The first-order chi connectivity index (χ1) is 14.3. The zero-order chi connectivity index (χ0) is 19.8.